The van der Waals surface area contributed by atoms with E-state index < -0.39 is 0 Å². The highest BCUT2D eigenvalue weighted by Gasteiger charge is 2.09. The van der Waals surface area contributed by atoms with Crippen molar-refractivity contribution in [3.8, 4) is 5.75 Å². The predicted octanol–water partition coefficient (Wildman–Crippen LogP) is 5.34. The third-order valence-corrected chi connectivity index (χ3v) is 5.18. The van der Waals surface area contributed by atoms with Crippen molar-refractivity contribution in [2.75, 3.05) is 17.2 Å². The zero-order chi connectivity index (χ0) is 20.8. The van der Waals surface area contributed by atoms with E-state index in [0.717, 1.165) is 15.6 Å². The number of halogens is 1. The lowest BCUT2D eigenvalue weighted by molar-refractivity contribution is -0.118. The maximum absolute atomic E-state index is 12.3. The van der Waals surface area contributed by atoms with E-state index in [0.29, 0.717) is 22.7 Å². The summed E-state index contributed by atoms with van der Waals surface area (Å²) in [6, 6.07) is 19.9. The standard InChI is InChI=1S/C23H21BrN2O3/c1-15-13-19(9-10-20(15)24)29-14-22(27)25-18-8-11-21(16(2)12-18)26-23(28)17-6-4-3-5-7-17/h3-13H,14H2,1-2H3,(H,25,27)(H,26,28). The Kier molecular flexibility index (Phi) is 6.67. The van der Waals surface area contributed by atoms with E-state index in [2.05, 4.69) is 26.6 Å². The van der Waals surface area contributed by atoms with Gasteiger partial charge in [-0.1, -0.05) is 34.1 Å². The summed E-state index contributed by atoms with van der Waals surface area (Å²) >= 11 is 3.43. The largest absolute Gasteiger partial charge is 0.484 e. The van der Waals surface area contributed by atoms with Crippen molar-refractivity contribution < 1.29 is 14.3 Å². The third kappa shape index (κ3) is 5.68. The normalized spacial score (nSPS) is 10.3. The Morgan fingerprint density at radius 3 is 2.34 bits per heavy atom. The first-order valence-electron chi connectivity index (χ1n) is 9.08. The van der Waals surface area contributed by atoms with E-state index in [4.69, 9.17) is 4.74 Å². The topological polar surface area (TPSA) is 67.4 Å². The summed E-state index contributed by atoms with van der Waals surface area (Å²) in [7, 11) is 0. The Morgan fingerprint density at radius 2 is 1.66 bits per heavy atom. The van der Waals surface area contributed by atoms with Gasteiger partial charge in [0.2, 0.25) is 0 Å². The molecule has 2 amide bonds. The molecule has 0 aliphatic rings. The van der Waals surface area contributed by atoms with Crippen LogP contribution in [0.25, 0.3) is 0 Å². The monoisotopic (exact) mass is 452 g/mol. The molecule has 6 heteroatoms. The summed E-state index contributed by atoms with van der Waals surface area (Å²) in [5, 5.41) is 5.69. The molecule has 0 saturated heterocycles. The summed E-state index contributed by atoms with van der Waals surface area (Å²) in [6.07, 6.45) is 0. The maximum atomic E-state index is 12.3. The van der Waals surface area contributed by atoms with E-state index in [9.17, 15) is 9.59 Å². The average molecular weight is 453 g/mol. The van der Waals surface area contributed by atoms with Crippen molar-refractivity contribution in [1.82, 2.24) is 0 Å². The van der Waals surface area contributed by atoms with Crippen LogP contribution in [-0.2, 0) is 4.79 Å². The van der Waals surface area contributed by atoms with Gasteiger partial charge in [-0.3, -0.25) is 9.59 Å². The molecule has 0 aliphatic heterocycles. The molecular weight excluding hydrogens is 432 g/mol. The van der Waals surface area contributed by atoms with Gasteiger partial charge in [0.1, 0.15) is 5.75 Å². The predicted molar refractivity (Wildman–Crippen MR) is 119 cm³/mol. The zero-order valence-corrected chi connectivity index (χ0v) is 17.7. The van der Waals surface area contributed by atoms with E-state index in [1.807, 2.05) is 50.2 Å². The second kappa shape index (κ2) is 9.39. The van der Waals surface area contributed by atoms with Crippen LogP contribution in [-0.4, -0.2) is 18.4 Å². The van der Waals surface area contributed by atoms with Crippen molar-refractivity contribution in [3.05, 3.63) is 87.9 Å². The zero-order valence-electron chi connectivity index (χ0n) is 16.2. The molecule has 0 unspecified atom stereocenters. The molecule has 3 aromatic carbocycles. The maximum Gasteiger partial charge on any atom is 0.262 e. The lowest BCUT2D eigenvalue weighted by Gasteiger charge is -2.12. The molecule has 0 atom stereocenters. The van der Waals surface area contributed by atoms with E-state index in [1.54, 1.807) is 30.3 Å². The Labute approximate surface area is 178 Å². The number of anilines is 2. The lowest BCUT2D eigenvalue weighted by atomic mass is 10.1. The molecule has 0 radical (unpaired) electrons. The van der Waals surface area contributed by atoms with Crippen LogP contribution in [0.1, 0.15) is 21.5 Å². The van der Waals surface area contributed by atoms with Crippen LogP contribution >= 0.6 is 15.9 Å². The van der Waals surface area contributed by atoms with Crippen molar-refractivity contribution in [2.45, 2.75) is 13.8 Å². The molecule has 2 N–H and O–H groups in total. The molecule has 0 fully saturated rings. The quantitative estimate of drug-likeness (QED) is 0.530. The van der Waals surface area contributed by atoms with Crippen LogP contribution in [0.3, 0.4) is 0 Å². The molecule has 29 heavy (non-hydrogen) atoms. The van der Waals surface area contributed by atoms with Gasteiger partial charge in [-0.05, 0) is 73.5 Å². The highest BCUT2D eigenvalue weighted by atomic mass is 79.9. The second-order valence-electron chi connectivity index (χ2n) is 6.60. The average Bonchev–Trinajstić information content (AvgIpc) is 2.71. The summed E-state index contributed by atoms with van der Waals surface area (Å²) in [6.45, 7) is 3.74. The summed E-state index contributed by atoms with van der Waals surface area (Å²) in [5.74, 6) is 0.200. The second-order valence-corrected chi connectivity index (χ2v) is 7.45. The van der Waals surface area contributed by atoms with Gasteiger partial charge in [-0.2, -0.15) is 0 Å². The number of aryl methyl sites for hydroxylation is 2. The molecule has 3 aromatic rings. The molecule has 5 nitrogen and oxygen atoms in total. The van der Waals surface area contributed by atoms with Gasteiger partial charge in [-0.25, -0.2) is 0 Å². The molecule has 3 rings (SSSR count). The van der Waals surface area contributed by atoms with Crippen LogP contribution < -0.4 is 15.4 Å². The molecule has 148 valence electrons. The molecular formula is C23H21BrN2O3. The Morgan fingerprint density at radius 1 is 0.897 bits per heavy atom. The Balaban J connectivity index is 1.57. The summed E-state index contributed by atoms with van der Waals surface area (Å²) < 4.78 is 6.53. The molecule has 0 bridgehead atoms. The van der Waals surface area contributed by atoms with Crippen molar-refractivity contribution >= 4 is 39.1 Å². The highest BCUT2D eigenvalue weighted by molar-refractivity contribution is 9.10. The Hall–Kier alpha value is -3.12. The SMILES string of the molecule is Cc1cc(OCC(=O)Nc2ccc(NC(=O)c3ccccc3)c(C)c2)ccc1Br. The van der Waals surface area contributed by atoms with Gasteiger partial charge >= 0.3 is 0 Å². The van der Waals surface area contributed by atoms with Gasteiger partial charge in [0.15, 0.2) is 6.61 Å². The van der Waals surface area contributed by atoms with E-state index in [-0.39, 0.29) is 18.4 Å². The first-order valence-corrected chi connectivity index (χ1v) is 9.87. The van der Waals surface area contributed by atoms with Crippen LogP contribution in [0.4, 0.5) is 11.4 Å². The Bertz CT molecular complexity index is 1040. The lowest BCUT2D eigenvalue weighted by Crippen LogP contribution is -2.20. The third-order valence-electron chi connectivity index (χ3n) is 4.29. The molecule has 0 aliphatic carbocycles. The molecule has 0 heterocycles. The first-order chi connectivity index (χ1) is 13.9. The smallest absolute Gasteiger partial charge is 0.262 e. The van der Waals surface area contributed by atoms with Crippen molar-refractivity contribution in [3.63, 3.8) is 0 Å². The fourth-order valence-corrected chi connectivity index (χ4v) is 2.97. The number of carbonyl (C=O) groups excluding carboxylic acids is 2. The number of rotatable bonds is 6. The number of carbonyl (C=O) groups is 2. The van der Waals surface area contributed by atoms with Crippen LogP contribution in [0.2, 0.25) is 0 Å². The highest BCUT2D eigenvalue weighted by Crippen LogP contribution is 2.22. The van der Waals surface area contributed by atoms with Crippen molar-refractivity contribution in [1.29, 1.82) is 0 Å². The first kappa shape index (κ1) is 20.6. The number of hydrogen-bond donors (Lipinski definition) is 2. The molecule has 0 saturated carbocycles. The van der Waals surface area contributed by atoms with Gasteiger partial charge in [0.25, 0.3) is 11.8 Å². The molecule has 0 spiro atoms. The summed E-state index contributed by atoms with van der Waals surface area (Å²) in [5.41, 5.74) is 3.80. The number of nitrogens with one attached hydrogen (secondary N) is 2. The minimum Gasteiger partial charge on any atom is -0.484 e. The fraction of sp³-hybridized carbons (Fsp3) is 0.130. The van der Waals surface area contributed by atoms with Crippen molar-refractivity contribution in [2.24, 2.45) is 0 Å². The van der Waals surface area contributed by atoms with Gasteiger partial charge in [0.05, 0.1) is 0 Å². The minimum atomic E-state index is -0.258. The van der Waals surface area contributed by atoms with Crippen LogP contribution in [0, 0.1) is 13.8 Å². The van der Waals surface area contributed by atoms with E-state index in [1.165, 1.54) is 0 Å². The van der Waals surface area contributed by atoms with Crippen LogP contribution in [0.15, 0.2) is 71.2 Å². The minimum absolute atomic E-state index is 0.0907. The number of benzene rings is 3. The molecule has 0 aromatic heterocycles. The number of ether oxygens (including phenoxy) is 1. The van der Waals surface area contributed by atoms with Gasteiger partial charge < -0.3 is 15.4 Å². The van der Waals surface area contributed by atoms with Gasteiger partial charge in [0, 0.05) is 21.4 Å². The van der Waals surface area contributed by atoms with Crippen LogP contribution in [0.5, 0.6) is 5.75 Å². The van der Waals surface area contributed by atoms with E-state index >= 15 is 0 Å². The fourth-order valence-electron chi connectivity index (χ4n) is 2.72. The number of hydrogen-bond acceptors (Lipinski definition) is 3. The summed E-state index contributed by atoms with van der Waals surface area (Å²) in [4.78, 5) is 24.5. The van der Waals surface area contributed by atoms with Gasteiger partial charge in [-0.15, -0.1) is 0 Å². The number of amides is 2.